The molecule has 1 atom stereocenters. The van der Waals surface area contributed by atoms with Crippen LogP contribution in [0.1, 0.15) is 6.92 Å². The fourth-order valence-corrected chi connectivity index (χ4v) is 1.74. The summed E-state index contributed by atoms with van der Waals surface area (Å²) in [5.74, 6) is -0.00762. The zero-order chi connectivity index (χ0) is 10.8. The number of aromatic nitrogens is 1. The van der Waals surface area contributed by atoms with Gasteiger partial charge in [-0.15, -0.1) is 0 Å². The molecule has 1 aromatic heterocycles. The van der Waals surface area contributed by atoms with Crippen LogP contribution in [-0.4, -0.2) is 16.3 Å². The van der Waals surface area contributed by atoms with Gasteiger partial charge in [0.05, 0.1) is 5.52 Å². The van der Waals surface area contributed by atoms with Crippen molar-refractivity contribution in [3.05, 3.63) is 36.3 Å². The Morgan fingerprint density at radius 3 is 2.93 bits per heavy atom. The highest BCUT2D eigenvalue weighted by Crippen LogP contribution is 2.19. The molecule has 0 aliphatic heterocycles. The zero-order valence-corrected chi connectivity index (χ0v) is 8.65. The van der Waals surface area contributed by atoms with Gasteiger partial charge in [-0.05, 0) is 24.1 Å². The van der Waals surface area contributed by atoms with Crippen LogP contribution in [0.5, 0.6) is 0 Å². The molecule has 0 spiro atoms. The predicted molar refractivity (Wildman–Crippen MR) is 58.1 cm³/mol. The van der Waals surface area contributed by atoms with Gasteiger partial charge in [-0.25, -0.2) is 4.39 Å². The van der Waals surface area contributed by atoms with Crippen LogP contribution in [0, 0.1) is 11.7 Å². The largest absolute Gasteiger partial charge is 0.396 e. The van der Waals surface area contributed by atoms with Crippen LogP contribution in [0.15, 0.2) is 30.5 Å². The molecule has 1 aromatic carbocycles. The molecule has 0 saturated heterocycles. The average Bonchev–Trinajstić information content (AvgIpc) is 2.63. The first-order chi connectivity index (χ1) is 7.22. The fourth-order valence-electron chi connectivity index (χ4n) is 1.74. The highest BCUT2D eigenvalue weighted by molar-refractivity contribution is 5.80. The second-order valence-corrected chi connectivity index (χ2v) is 3.93. The average molecular weight is 207 g/mol. The molecule has 1 N–H and O–H groups in total. The highest BCUT2D eigenvalue weighted by atomic mass is 19.1. The van der Waals surface area contributed by atoms with Gasteiger partial charge in [0.15, 0.2) is 0 Å². The smallest absolute Gasteiger partial charge is 0.132 e. The third-order valence-corrected chi connectivity index (χ3v) is 2.58. The maximum absolute atomic E-state index is 13.4. The fraction of sp³-hybridized carbons (Fsp3) is 0.333. The van der Waals surface area contributed by atoms with E-state index in [1.54, 1.807) is 12.1 Å². The summed E-state index contributed by atoms with van der Waals surface area (Å²) < 4.78 is 15.3. The monoisotopic (exact) mass is 207 g/mol. The number of fused-ring (bicyclic) bond motifs is 1. The summed E-state index contributed by atoms with van der Waals surface area (Å²) in [4.78, 5) is 0. The number of halogens is 1. The van der Waals surface area contributed by atoms with Gasteiger partial charge in [0.1, 0.15) is 5.82 Å². The summed E-state index contributed by atoms with van der Waals surface area (Å²) >= 11 is 0. The summed E-state index contributed by atoms with van der Waals surface area (Å²) in [6.07, 6.45) is 1.86. The zero-order valence-electron chi connectivity index (χ0n) is 8.65. The number of hydrogen-bond acceptors (Lipinski definition) is 1. The molecule has 2 rings (SSSR count). The van der Waals surface area contributed by atoms with Crippen LogP contribution in [0.4, 0.5) is 4.39 Å². The van der Waals surface area contributed by atoms with Gasteiger partial charge < -0.3 is 9.67 Å². The van der Waals surface area contributed by atoms with Gasteiger partial charge in [0.2, 0.25) is 0 Å². The molecule has 0 bridgehead atoms. The van der Waals surface area contributed by atoms with Crippen LogP contribution in [-0.2, 0) is 6.54 Å². The summed E-state index contributed by atoms with van der Waals surface area (Å²) in [6, 6.07) is 6.83. The van der Waals surface area contributed by atoms with Crippen LogP contribution in [0.2, 0.25) is 0 Å². The molecule has 80 valence electrons. The van der Waals surface area contributed by atoms with Crippen LogP contribution in [0.3, 0.4) is 0 Å². The van der Waals surface area contributed by atoms with Crippen LogP contribution >= 0.6 is 0 Å². The second-order valence-electron chi connectivity index (χ2n) is 3.93. The molecule has 15 heavy (non-hydrogen) atoms. The van der Waals surface area contributed by atoms with E-state index in [1.807, 2.05) is 23.8 Å². The van der Waals surface area contributed by atoms with Crippen LogP contribution < -0.4 is 0 Å². The van der Waals surface area contributed by atoms with E-state index < -0.39 is 0 Å². The number of rotatable bonds is 3. The molecule has 0 radical (unpaired) electrons. The first-order valence-corrected chi connectivity index (χ1v) is 5.06. The molecule has 0 fully saturated rings. The van der Waals surface area contributed by atoms with Gasteiger partial charge in [-0.2, -0.15) is 0 Å². The number of hydrogen-bond donors (Lipinski definition) is 1. The van der Waals surface area contributed by atoms with Crippen molar-refractivity contribution in [2.45, 2.75) is 13.5 Å². The summed E-state index contributed by atoms with van der Waals surface area (Å²) in [5.41, 5.74) is 0.885. The lowest BCUT2D eigenvalue weighted by molar-refractivity contribution is 0.224. The summed E-state index contributed by atoms with van der Waals surface area (Å²) in [6.45, 7) is 2.82. The Morgan fingerprint density at radius 1 is 1.40 bits per heavy atom. The van der Waals surface area contributed by atoms with Gasteiger partial charge in [0.25, 0.3) is 0 Å². The maximum Gasteiger partial charge on any atom is 0.132 e. The molecule has 2 nitrogen and oxygen atoms in total. The Morgan fingerprint density at radius 2 is 2.20 bits per heavy atom. The molecule has 0 amide bonds. The van der Waals surface area contributed by atoms with E-state index >= 15 is 0 Å². The summed E-state index contributed by atoms with van der Waals surface area (Å²) in [5, 5.41) is 9.61. The van der Waals surface area contributed by atoms with Crippen molar-refractivity contribution in [1.29, 1.82) is 0 Å². The number of nitrogens with zero attached hydrogens (tertiary/aromatic N) is 1. The predicted octanol–water partition coefficient (Wildman–Crippen LogP) is 2.41. The quantitative estimate of drug-likeness (QED) is 0.821. The standard InChI is InChI=1S/C12H14FNO/c1-9(8-15)7-14-6-5-10-11(13)3-2-4-12(10)14/h2-6,9,15H,7-8H2,1H3. The van der Waals surface area contributed by atoms with Crippen molar-refractivity contribution in [3.8, 4) is 0 Å². The molecule has 0 aliphatic carbocycles. The Kier molecular flexibility index (Phi) is 2.73. The van der Waals surface area contributed by atoms with Gasteiger partial charge in [-0.3, -0.25) is 0 Å². The van der Waals surface area contributed by atoms with Crippen molar-refractivity contribution in [2.75, 3.05) is 6.61 Å². The molecule has 0 aliphatic rings. The summed E-state index contributed by atoms with van der Waals surface area (Å²) in [7, 11) is 0. The van der Waals surface area contributed by atoms with E-state index in [1.165, 1.54) is 6.07 Å². The van der Waals surface area contributed by atoms with Gasteiger partial charge >= 0.3 is 0 Å². The van der Waals surface area contributed by atoms with Crippen molar-refractivity contribution in [3.63, 3.8) is 0 Å². The highest BCUT2D eigenvalue weighted by Gasteiger charge is 2.07. The molecule has 1 heterocycles. The lowest BCUT2D eigenvalue weighted by Crippen LogP contribution is -2.10. The molecule has 0 saturated carbocycles. The SMILES string of the molecule is CC(CO)Cn1ccc2c(F)cccc21. The molecule has 3 heteroatoms. The number of aliphatic hydroxyl groups excluding tert-OH is 1. The molecule has 2 aromatic rings. The van der Waals surface area contributed by atoms with Gasteiger partial charge in [-0.1, -0.05) is 13.0 Å². The van der Waals surface area contributed by atoms with E-state index in [0.29, 0.717) is 11.9 Å². The second kappa shape index (κ2) is 4.03. The normalized spacial score (nSPS) is 13.3. The number of benzene rings is 1. The number of aliphatic hydroxyl groups is 1. The first kappa shape index (κ1) is 10.2. The van der Waals surface area contributed by atoms with E-state index in [9.17, 15) is 4.39 Å². The maximum atomic E-state index is 13.4. The van der Waals surface area contributed by atoms with E-state index in [0.717, 1.165) is 5.52 Å². The lowest BCUT2D eigenvalue weighted by atomic mass is 10.2. The van der Waals surface area contributed by atoms with E-state index in [2.05, 4.69) is 0 Å². The van der Waals surface area contributed by atoms with Crippen molar-refractivity contribution >= 4 is 10.9 Å². The third-order valence-electron chi connectivity index (χ3n) is 2.58. The van der Waals surface area contributed by atoms with Crippen molar-refractivity contribution < 1.29 is 9.50 Å². The van der Waals surface area contributed by atoms with E-state index in [-0.39, 0.29) is 18.3 Å². The molecule has 1 unspecified atom stereocenters. The minimum absolute atomic E-state index is 0.148. The molecular formula is C12H14FNO. The van der Waals surface area contributed by atoms with Crippen molar-refractivity contribution in [2.24, 2.45) is 5.92 Å². The topological polar surface area (TPSA) is 25.2 Å². The Balaban J connectivity index is 2.41. The minimum Gasteiger partial charge on any atom is -0.396 e. The Hall–Kier alpha value is -1.35. The first-order valence-electron chi connectivity index (χ1n) is 5.06. The lowest BCUT2D eigenvalue weighted by Gasteiger charge is -2.10. The minimum atomic E-state index is -0.192. The van der Waals surface area contributed by atoms with Crippen LogP contribution in [0.25, 0.3) is 10.9 Å². The molecular weight excluding hydrogens is 193 g/mol. The third kappa shape index (κ3) is 1.88. The van der Waals surface area contributed by atoms with E-state index in [4.69, 9.17) is 5.11 Å². The van der Waals surface area contributed by atoms with Crippen molar-refractivity contribution in [1.82, 2.24) is 4.57 Å². The Bertz CT molecular complexity index is 464. The Labute approximate surface area is 88.0 Å². The van der Waals surface area contributed by atoms with Gasteiger partial charge in [0, 0.05) is 24.7 Å².